The molecule has 0 spiro atoms. The fourth-order valence-corrected chi connectivity index (χ4v) is 6.70. The van der Waals surface area contributed by atoms with Crippen molar-refractivity contribution in [2.75, 3.05) is 26.0 Å². The summed E-state index contributed by atoms with van der Waals surface area (Å²) in [6, 6.07) is 13.4. The molecule has 36 heavy (non-hydrogen) atoms. The number of thiazole rings is 1. The van der Waals surface area contributed by atoms with Gasteiger partial charge in [-0.15, -0.1) is 0 Å². The molecule has 0 bridgehead atoms. The van der Waals surface area contributed by atoms with E-state index >= 15 is 0 Å². The summed E-state index contributed by atoms with van der Waals surface area (Å²) in [6.45, 7) is 5.62. The van der Waals surface area contributed by atoms with Crippen LogP contribution in [0, 0.1) is 17.8 Å². The number of hydrogen-bond acceptors (Lipinski definition) is 7. The minimum absolute atomic E-state index is 0.0509. The van der Waals surface area contributed by atoms with Crippen LogP contribution in [0.5, 0.6) is 5.75 Å². The van der Waals surface area contributed by atoms with Crippen molar-refractivity contribution in [3.05, 3.63) is 67.9 Å². The highest BCUT2D eigenvalue weighted by Gasteiger charge is 2.23. The average Bonchev–Trinajstić information content (AvgIpc) is 3.51. The van der Waals surface area contributed by atoms with Gasteiger partial charge in [0.25, 0.3) is 5.56 Å². The van der Waals surface area contributed by atoms with Crippen molar-refractivity contribution in [1.82, 2.24) is 19.0 Å². The van der Waals surface area contributed by atoms with Gasteiger partial charge in [-0.1, -0.05) is 52.9 Å². The predicted octanol–water partition coefficient (Wildman–Crippen LogP) is 5.31. The molecule has 7 nitrogen and oxygen atoms in total. The SMILES string of the molecule is COc1ccccc1-n1c(SCC(=O)N2CCCC2)nc2c(sc(=S)n2-c2ccc(C)cc2C)c1=O. The molecule has 1 aliphatic heterocycles. The zero-order valence-electron chi connectivity index (χ0n) is 20.3. The lowest BCUT2D eigenvalue weighted by Gasteiger charge is -2.17. The Hall–Kier alpha value is -2.95. The summed E-state index contributed by atoms with van der Waals surface area (Å²) >= 11 is 8.23. The van der Waals surface area contributed by atoms with E-state index in [2.05, 4.69) is 6.07 Å². The molecule has 2 aromatic carbocycles. The van der Waals surface area contributed by atoms with E-state index in [0.717, 1.165) is 42.7 Å². The Balaban J connectivity index is 1.71. The fourth-order valence-electron chi connectivity index (χ4n) is 4.51. The quantitative estimate of drug-likeness (QED) is 0.188. The molecule has 0 N–H and O–H groups in total. The largest absolute Gasteiger partial charge is 0.495 e. The second kappa shape index (κ2) is 10.2. The third-order valence-electron chi connectivity index (χ3n) is 6.28. The number of rotatable bonds is 6. The van der Waals surface area contributed by atoms with E-state index in [9.17, 15) is 9.59 Å². The molecule has 1 saturated heterocycles. The van der Waals surface area contributed by atoms with Crippen molar-refractivity contribution in [3.8, 4) is 17.1 Å². The monoisotopic (exact) mass is 538 g/mol. The summed E-state index contributed by atoms with van der Waals surface area (Å²) in [4.78, 5) is 33.6. The summed E-state index contributed by atoms with van der Waals surface area (Å²) in [5.74, 6) is 0.794. The van der Waals surface area contributed by atoms with Gasteiger partial charge in [0.2, 0.25) is 5.91 Å². The van der Waals surface area contributed by atoms with Gasteiger partial charge in [-0.05, 0) is 62.7 Å². The van der Waals surface area contributed by atoms with Gasteiger partial charge in [-0.3, -0.25) is 18.7 Å². The second-order valence-corrected chi connectivity index (χ2v) is 11.3. The van der Waals surface area contributed by atoms with Crippen molar-refractivity contribution in [3.63, 3.8) is 0 Å². The minimum atomic E-state index is -0.236. The summed E-state index contributed by atoms with van der Waals surface area (Å²) in [7, 11) is 1.57. The number of hydrogen-bond donors (Lipinski definition) is 0. The van der Waals surface area contributed by atoms with E-state index in [-0.39, 0.29) is 17.2 Å². The number of methoxy groups -OCH3 is 1. The second-order valence-electron chi connectivity index (χ2n) is 8.73. The molecule has 0 saturated carbocycles. The van der Waals surface area contributed by atoms with Crippen LogP contribution >= 0.6 is 35.3 Å². The Bertz CT molecular complexity index is 1580. The topological polar surface area (TPSA) is 69.4 Å². The molecule has 0 aliphatic carbocycles. The molecule has 1 amide bonds. The van der Waals surface area contributed by atoms with Crippen LogP contribution in [-0.2, 0) is 4.79 Å². The third-order valence-corrected chi connectivity index (χ3v) is 8.55. The summed E-state index contributed by atoms with van der Waals surface area (Å²) in [6.07, 6.45) is 2.05. The lowest BCUT2D eigenvalue weighted by Crippen LogP contribution is -2.29. The van der Waals surface area contributed by atoms with Crippen molar-refractivity contribution >= 4 is 51.6 Å². The number of thioether (sulfide) groups is 1. The molecular formula is C26H26N4O3S3. The molecular weight excluding hydrogens is 513 g/mol. The lowest BCUT2D eigenvalue weighted by molar-refractivity contribution is -0.127. The Morgan fingerprint density at radius 3 is 2.58 bits per heavy atom. The molecule has 0 atom stereocenters. The molecule has 1 aliphatic rings. The third kappa shape index (κ3) is 4.49. The molecule has 186 valence electrons. The van der Waals surface area contributed by atoms with Crippen molar-refractivity contribution < 1.29 is 9.53 Å². The maximum Gasteiger partial charge on any atom is 0.278 e. The molecule has 1 fully saturated rings. The van der Waals surface area contributed by atoms with E-state index in [4.69, 9.17) is 21.9 Å². The van der Waals surface area contributed by atoms with Gasteiger partial charge in [-0.2, -0.15) is 0 Å². The molecule has 4 aromatic rings. The smallest absolute Gasteiger partial charge is 0.278 e. The number of ether oxygens (including phenoxy) is 1. The maximum absolute atomic E-state index is 14.0. The van der Waals surface area contributed by atoms with Crippen LogP contribution in [0.1, 0.15) is 24.0 Å². The first-order chi connectivity index (χ1) is 17.4. The number of carbonyl (C=O) groups is 1. The minimum Gasteiger partial charge on any atom is -0.495 e. The van der Waals surface area contributed by atoms with E-state index < -0.39 is 0 Å². The number of aromatic nitrogens is 3. The van der Waals surface area contributed by atoms with Crippen LogP contribution in [0.15, 0.2) is 52.4 Å². The van der Waals surface area contributed by atoms with E-state index in [0.29, 0.717) is 30.9 Å². The Morgan fingerprint density at radius 2 is 1.86 bits per heavy atom. The molecule has 0 radical (unpaired) electrons. The molecule has 3 heterocycles. The van der Waals surface area contributed by atoms with E-state index in [1.807, 2.05) is 53.6 Å². The summed E-state index contributed by atoms with van der Waals surface area (Å²) in [5.41, 5.74) is 3.92. The molecule has 10 heteroatoms. The Labute approximate surface area is 222 Å². The summed E-state index contributed by atoms with van der Waals surface area (Å²) in [5, 5.41) is 0.427. The van der Waals surface area contributed by atoms with E-state index in [1.165, 1.54) is 23.1 Å². The first-order valence-corrected chi connectivity index (χ1v) is 13.9. The number of amides is 1. The Morgan fingerprint density at radius 1 is 1.11 bits per heavy atom. The van der Waals surface area contributed by atoms with Crippen LogP contribution in [-0.4, -0.2) is 50.9 Å². The molecule has 2 aromatic heterocycles. The van der Waals surface area contributed by atoms with Crippen LogP contribution in [0.3, 0.4) is 0 Å². The fraction of sp³-hybridized carbons (Fsp3) is 0.308. The number of para-hydroxylation sites is 2. The summed E-state index contributed by atoms with van der Waals surface area (Å²) < 4.78 is 9.97. The number of likely N-dealkylation sites (tertiary alicyclic amines) is 1. The molecule has 5 rings (SSSR count). The van der Waals surface area contributed by atoms with Gasteiger partial charge < -0.3 is 9.64 Å². The zero-order valence-corrected chi connectivity index (χ0v) is 22.8. The maximum atomic E-state index is 14.0. The van der Waals surface area contributed by atoms with Gasteiger partial charge in [-0.25, -0.2) is 4.98 Å². The number of carbonyl (C=O) groups excluding carboxylic acids is 1. The number of benzene rings is 2. The predicted molar refractivity (Wildman–Crippen MR) is 148 cm³/mol. The van der Waals surface area contributed by atoms with E-state index in [1.54, 1.807) is 17.7 Å². The van der Waals surface area contributed by atoms with Gasteiger partial charge in [0, 0.05) is 13.1 Å². The highest BCUT2D eigenvalue weighted by molar-refractivity contribution is 7.99. The average molecular weight is 539 g/mol. The van der Waals surface area contributed by atoms with Crippen molar-refractivity contribution in [1.29, 1.82) is 0 Å². The number of fused-ring (bicyclic) bond motifs is 1. The standard InChI is InChI=1S/C26H26N4O3S3/c1-16-10-11-18(17(2)14-16)29-23-22(36-26(29)34)24(32)30(19-8-4-5-9-20(19)33-3)25(27-23)35-15-21(31)28-12-6-7-13-28/h4-5,8-11,14H,6-7,12-13,15H2,1-3H3. The number of aryl methyl sites for hydroxylation is 2. The highest BCUT2D eigenvalue weighted by Crippen LogP contribution is 2.31. The van der Waals surface area contributed by atoms with Crippen molar-refractivity contribution in [2.24, 2.45) is 0 Å². The first kappa shape index (κ1) is 24.7. The van der Waals surface area contributed by atoms with Gasteiger partial charge in [0.15, 0.2) is 14.8 Å². The van der Waals surface area contributed by atoms with Gasteiger partial charge in [0.1, 0.15) is 10.4 Å². The van der Waals surface area contributed by atoms with Crippen LogP contribution in [0.25, 0.3) is 21.7 Å². The first-order valence-electron chi connectivity index (χ1n) is 11.7. The zero-order chi connectivity index (χ0) is 25.4. The van der Waals surface area contributed by atoms with Gasteiger partial charge in [0.05, 0.1) is 24.2 Å². The van der Waals surface area contributed by atoms with Crippen LogP contribution in [0.2, 0.25) is 0 Å². The highest BCUT2D eigenvalue weighted by atomic mass is 32.2. The lowest BCUT2D eigenvalue weighted by atomic mass is 10.1. The number of nitrogens with zero attached hydrogens (tertiary/aromatic N) is 4. The van der Waals surface area contributed by atoms with Crippen LogP contribution in [0.4, 0.5) is 0 Å². The van der Waals surface area contributed by atoms with Crippen molar-refractivity contribution in [2.45, 2.75) is 31.8 Å². The van der Waals surface area contributed by atoms with Gasteiger partial charge >= 0.3 is 0 Å². The normalized spacial score (nSPS) is 13.5. The Kier molecular flexibility index (Phi) is 7.00. The van der Waals surface area contributed by atoms with Crippen LogP contribution < -0.4 is 10.3 Å². The molecule has 0 unspecified atom stereocenters.